The molecule has 9 heteroatoms. The third kappa shape index (κ3) is 4.21. The highest BCUT2D eigenvalue weighted by molar-refractivity contribution is 5.93. The molecule has 0 unspecified atom stereocenters. The van der Waals surface area contributed by atoms with E-state index in [1.807, 2.05) is 26.8 Å². The van der Waals surface area contributed by atoms with Crippen molar-refractivity contribution in [1.82, 2.24) is 14.3 Å². The molecule has 2 aromatic heterocycles. The number of anilines is 1. The van der Waals surface area contributed by atoms with Gasteiger partial charge in [-0.2, -0.15) is 18.3 Å². The molecule has 4 aromatic rings. The molecule has 4 rings (SSSR count). The summed E-state index contributed by atoms with van der Waals surface area (Å²) >= 11 is 0. The van der Waals surface area contributed by atoms with Gasteiger partial charge in [0.2, 0.25) is 5.91 Å². The monoisotopic (exact) mass is 468 g/mol. The van der Waals surface area contributed by atoms with E-state index in [1.54, 1.807) is 36.4 Å². The van der Waals surface area contributed by atoms with E-state index in [2.05, 4.69) is 10.4 Å². The lowest BCUT2D eigenvalue weighted by Crippen LogP contribution is -2.30. The van der Waals surface area contributed by atoms with Gasteiger partial charge in [0, 0.05) is 11.8 Å². The number of carbonyl (C=O) groups excluding carboxylic acids is 1. The minimum atomic E-state index is -4.76. The van der Waals surface area contributed by atoms with E-state index in [9.17, 15) is 22.8 Å². The first kappa shape index (κ1) is 23.3. The Bertz CT molecular complexity index is 1470. The van der Waals surface area contributed by atoms with Gasteiger partial charge in [-0.1, -0.05) is 29.8 Å². The molecule has 0 atom stereocenters. The Hall–Kier alpha value is -3.88. The summed E-state index contributed by atoms with van der Waals surface area (Å²) in [6, 6.07) is 12.9. The van der Waals surface area contributed by atoms with E-state index in [0.29, 0.717) is 17.4 Å². The molecule has 1 amide bonds. The van der Waals surface area contributed by atoms with Crippen molar-refractivity contribution in [1.29, 1.82) is 0 Å². The van der Waals surface area contributed by atoms with Crippen LogP contribution in [0.15, 0.2) is 53.3 Å². The number of pyridine rings is 1. The van der Waals surface area contributed by atoms with Gasteiger partial charge in [0.25, 0.3) is 5.56 Å². The van der Waals surface area contributed by atoms with Gasteiger partial charge in [-0.15, -0.1) is 0 Å². The maximum absolute atomic E-state index is 13.8. The van der Waals surface area contributed by atoms with Crippen molar-refractivity contribution in [3.63, 3.8) is 0 Å². The molecule has 0 saturated heterocycles. The number of rotatable bonds is 4. The summed E-state index contributed by atoms with van der Waals surface area (Å²) in [5.74, 6) is -0.536. The average Bonchev–Trinajstić information content (AvgIpc) is 3.10. The second kappa shape index (κ2) is 8.48. The molecule has 1 N–H and O–H groups in total. The summed E-state index contributed by atoms with van der Waals surface area (Å²) < 4.78 is 43.8. The zero-order valence-electron chi connectivity index (χ0n) is 19.1. The molecular formula is C25H23F3N4O2. The van der Waals surface area contributed by atoms with Gasteiger partial charge >= 0.3 is 6.18 Å². The molecule has 0 saturated carbocycles. The lowest BCUT2D eigenvalue weighted by atomic mass is 10.1. The van der Waals surface area contributed by atoms with E-state index in [-0.39, 0.29) is 16.7 Å². The highest BCUT2D eigenvalue weighted by Gasteiger charge is 2.36. The van der Waals surface area contributed by atoms with Gasteiger partial charge < -0.3 is 5.32 Å². The summed E-state index contributed by atoms with van der Waals surface area (Å²) in [5.41, 5.74) is 1.85. The lowest BCUT2D eigenvalue weighted by Gasteiger charge is -2.15. The SMILES string of the molecule is Cc1ccc(-n2nc(C)c3c(C(F)(F)F)cc(=O)n(CC(=O)Nc4cccc(C)c4C)c32)cc1. The maximum atomic E-state index is 13.8. The molecule has 34 heavy (non-hydrogen) atoms. The lowest BCUT2D eigenvalue weighted by molar-refractivity contribution is -0.136. The first-order valence-corrected chi connectivity index (χ1v) is 10.6. The van der Waals surface area contributed by atoms with Crippen molar-refractivity contribution in [3.8, 4) is 5.69 Å². The summed E-state index contributed by atoms with van der Waals surface area (Å²) in [6.07, 6.45) is -4.76. The summed E-state index contributed by atoms with van der Waals surface area (Å²) in [7, 11) is 0. The molecule has 0 radical (unpaired) electrons. The van der Waals surface area contributed by atoms with Gasteiger partial charge in [0.15, 0.2) is 0 Å². The van der Waals surface area contributed by atoms with Gasteiger partial charge in [-0.3, -0.25) is 14.2 Å². The number of carbonyl (C=O) groups is 1. The van der Waals surface area contributed by atoms with Gasteiger partial charge in [0.05, 0.1) is 22.3 Å². The van der Waals surface area contributed by atoms with E-state index in [0.717, 1.165) is 21.3 Å². The maximum Gasteiger partial charge on any atom is 0.417 e. The minimum Gasteiger partial charge on any atom is -0.324 e. The second-order valence-electron chi connectivity index (χ2n) is 8.31. The predicted octanol–water partition coefficient (Wildman–Crippen LogP) is 5.08. The molecule has 0 aliphatic heterocycles. The zero-order valence-corrected chi connectivity index (χ0v) is 19.1. The minimum absolute atomic E-state index is 0.0858. The van der Waals surface area contributed by atoms with Crippen LogP contribution in [0.5, 0.6) is 0 Å². The van der Waals surface area contributed by atoms with Crippen LogP contribution in [0.4, 0.5) is 18.9 Å². The molecule has 176 valence electrons. The number of aryl methyl sites for hydroxylation is 3. The summed E-state index contributed by atoms with van der Waals surface area (Å²) in [6.45, 7) is 6.61. The number of hydrogen-bond acceptors (Lipinski definition) is 3. The third-order valence-electron chi connectivity index (χ3n) is 5.86. The summed E-state index contributed by atoms with van der Waals surface area (Å²) in [5, 5.41) is 6.85. The molecule has 0 aliphatic carbocycles. The zero-order chi connectivity index (χ0) is 24.8. The van der Waals surface area contributed by atoms with E-state index in [1.165, 1.54) is 11.6 Å². The average molecular weight is 468 g/mol. The van der Waals surface area contributed by atoms with Crippen LogP contribution in [0.1, 0.15) is 27.9 Å². The van der Waals surface area contributed by atoms with Gasteiger partial charge in [-0.25, -0.2) is 4.68 Å². The highest BCUT2D eigenvalue weighted by Crippen LogP contribution is 2.36. The Morgan fingerprint density at radius 3 is 2.35 bits per heavy atom. The van der Waals surface area contributed by atoms with Crippen molar-refractivity contribution in [2.45, 2.75) is 40.4 Å². The topological polar surface area (TPSA) is 68.9 Å². The van der Waals surface area contributed by atoms with Crippen molar-refractivity contribution in [3.05, 3.63) is 86.8 Å². The third-order valence-corrected chi connectivity index (χ3v) is 5.86. The molecule has 6 nitrogen and oxygen atoms in total. The van der Waals surface area contributed by atoms with Crippen molar-refractivity contribution in [2.75, 3.05) is 5.32 Å². The fourth-order valence-corrected chi connectivity index (χ4v) is 3.92. The van der Waals surface area contributed by atoms with Crippen molar-refractivity contribution >= 4 is 22.6 Å². The number of fused-ring (bicyclic) bond motifs is 1. The predicted molar refractivity (Wildman–Crippen MR) is 124 cm³/mol. The molecule has 0 bridgehead atoms. The van der Waals surface area contributed by atoms with Crippen LogP contribution < -0.4 is 10.9 Å². The molecule has 2 aromatic carbocycles. The number of nitrogens with one attached hydrogen (secondary N) is 1. The van der Waals surface area contributed by atoms with E-state index < -0.39 is 29.8 Å². The first-order chi connectivity index (χ1) is 16.0. The number of hydrogen-bond donors (Lipinski definition) is 1. The largest absolute Gasteiger partial charge is 0.417 e. The highest BCUT2D eigenvalue weighted by atomic mass is 19.4. The Morgan fingerprint density at radius 2 is 1.71 bits per heavy atom. The molecular weight excluding hydrogens is 445 g/mol. The first-order valence-electron chi connectivity index (χ1n) is 10.6. The summed E-state index contributed by atoms with van der Waals surface area (Å²) in [4.78, 5) is 25.8. The Kier molecular flexibility index (Phi) is 5.80. The number of alkyl halides is 3. The molecule has 0 aliphatic rings. The van der Waals surface area contributed by atoms with Crippen molar-refractivity contribution in [2.24, 2.45) is 0 Å². The molecule has 0 spiro atoms. The van der Waals surface area contributed by atoms with Crippen LogP contribution >= 0.6 is 0 Å². The molecule has 2 heterocycles. The fraction of sp³-hybridized carbons (Fsp3) is 0.240. The van der Waals surface area contributed by atoms with Gasteiger partial charge in [0.1, 0.15) is 12.2 Å². The Morgan fingerprint density at radius 1 is 1.03 bits per heavy atom. The van der Waals surface area contributed by atoms with Crippen LogP contribution in [0.2, 0.25) is 0 Å². The van der Waals surface area contributed by atoms with Crippen LogP contribution in [-0.4, -0.2) is 20.3 Å². The van der Waals surface area contributed by atoms with Crippen LogP contribution in [0, 0.1) is 27.7 Å². The smallest absolute Gasteiger partial charge is 0.324 e. The second-order valence-corrected chi connectivity index (χ2v) is 8.31. The number of halogens is 3. The van der Waals surface area contributed by atoms with Gasteiger partial charge in [-0.05, 0) is 57.0 Å². The van der Waals surface area contributed by atoms with Crippen LogP contribution in [0.3, 0.4) is 0 Å². The van der Waals surface area contributed by atoms with Crippen LogP contribution in [-0.2, 0) is 17.5 Å². The number of benzene rings is 2. The Labute approximate surface area is 193 Å². The normalized spacial score (nSPS) is 11.7. The number of amides is 1. The van der Waals surface area contributed by atoms with E-state index in [4.69, 9.17) is 0 Å². The van der Waals surface area contributed by atoms with E-state index >= 15 is 0 Å². The standard InChI is InChI=1S/C25H23F3N4O2/c1-14-8-10-18(11-9-14)32-24-23(17(4)30-32)19(25(26,27)28)12-22(34)31(24)13-21(33)29-20-7-5-6-15(2)16(20)3/h5-12H,13H2,1-4H3,(H,29,33). The molecule has 0 fully saturated rings. The quantitative estimate of drug-likeness (QED) is 0.454. The number of aromatic nitrogens is 3. The Balaban J connectivity index is 1.90. The fourth-order valence-electron chi connectivity index (χ4n) is 3.92. The number of nitrogens with zero attached hydrogens (tertiary/aromatic N) is 3. The van der Waals surface area contributed by atoms with Crippen LogP contribution in [0.25, 0.3) is 16.7 Å². The van der Waals surface area contributed by atoms with Crippen molar-refractivity contribution < 1.29 is 18.0 Å².